The van der Waals surface area contributed by atoms with Crippen LogP contribution >= 0.6 is 12.6 Å². The molecule has 0 spiro atoms. The van der Waals surface area contributed by atoms with Crippen molar-refractivity contribution in [2.45, 2.75) is 25.7 Å². The smallest absolute Gasteiger partial charge is 0.220 e. The van der Waals surface area contributed by atoms with E-state index in [1.54, 1.807) is 7.11 Å². The van der Waals surface area contributed by atoms with Gasteiger partial charge in [-0.3, -0.25) is 4.79 Å². The van der Waals surface area contributed by atoms with Crippen LogP contribution in [0, 0.1) is 5.41 Å². The molecule has 0 aromatic heterocycles. The predicted molar refractivity (Wildman–Crippen MR) is 59.6 cm³/mol. The van der Waals surface area contributed by atoms with Crippen molar-refractivity contribution in [3.63, 3.8) is 0 Å². The zero-order chi connectivity index (χ0) is 10.4. The first-order chi connectivity index (χ1) is 6.72. The van der Waals surface area contributed by atoms with Gasteiger partial charge in [-0.05, 0) is 30.4 Å². The van der Waals surface area contributed by atoms with Crippen LogP contribution in [0.2, 0.25) is 0 Å². The molecule has 1 fully saturated rings. The van der Waals surface area contributed by atoms with Gasteiger partial charge in [0, 0.05) is 26.7 Å². The van der Waals surface area contributed by atoms with Crippen molar-refractivity contribution >= 4 is 18.5 Å². The second kappa shape index (κ2) is 5.61. The van der Waals surface area contributed by atoms with Gasteiger partial charge in [0.2, 0.25) is 5.91 Å². The average Bonchev–Trinajstić information content (AvgIpc) is 2.93. The molecule has 1 rings (SSSR count). The Kier molecular flexibility index (Phi) is 4.75. The van der Waals surface area contributed by atoms with Crippen LogP contribution in [-0.2, 0) is 9.53 Å². The molecule has 82 valence electrons. The van der Waals surface area contributed by atoms with Crippen molar-refractivity contribution in [3.05, 3.63) is 0 Å². The van der Waals surface area contributed by atoms with Crippen LogP contribution in [0.3, 0.4) is 0 Å². The molecule has 0 atom stereocenters. The summed E-state index contributed by atoms with van der Waals surface area (Å²) in [4.78, 5) is 11.2. The lowest BCUT2D eigenvalue weighted by Gasteiger charge is -2.15. The number of nitrogens with one attached hydrogen (secondary N) is 1. The van der Waals surface area contributed by atoms with Crippen molar-refractivity contribution in [3.8, 4) is 0 Å². The van der Waals surface area contributed by atoms with Crippen LogP contribution in [-0.4, -0.2) is 31.9 Å². The Morgan fingerprint density at radius 3 is 2.79 bits per heavy atom. The standard InChI is InChI=1S/C10H19NO2S/c1-13-6-5-10(3-4-10)8-11-9(12)2-7-14/h14H,2-8H2,1H3,(H,11,12). The summed E-state index contributed by atoms with van der Waals surface area (Å²) in [5.74, 6) is 0.736. The molecule has 0 aromatic rings. The number of hydrogen-bond acceptors (Lipinski definition) is 3. The van der Waals surface area contributed by atoms with Gasteiger partial charge in [0.05, 0.1) is 0 Å². The summed E-state index contributed by atoms with van der Waals surface area (Å²) in [6.07, 6.45) is 4.02. The van der Waals surface area contributed by atoms with Gasteiger partial charge >= 0.3 is 0 Å². The molecule has 1 saturated carbocycles. The highest BCUT2D eigenvalue weighted by atomic mass is 32.1. The minimum absolute atomic E-state index is 0.115. The third kappa shape index (κ3) is 3.88. The van der Waals surface area contributed by atoms with Gasteiger partial charge in [-0.15, -0.1) is 0 Å². The Balaban J connectivity index is 2.13. The van der Waals surface area contributed by atoms with E-state index in [1.165, 1.54) is 12.8 Å². The van der Waals surface area contributed by atoms with E-state index in [-0.39, 0.29) is 5.91 Å². The van der Waals surface area contributed by atoms with Crippen LogP contribution in [0.1, 0.15) is 25.7 Å². The van der Waals surface area contributed by atoms with Crippen molar-refractivity contribution < 1.29 is 9.53 Å². The fourth-order valence-corrected chi connectivity index (χ4v) is 1.69. The molecular formula is C10H19NO2S. The van der Waals surface area contributed by atoms with Crippen molar-refractivity contribution in [1.82, 2.24) is 5.32 Å². The predicted octanol–water partition coefficient (Wildman–Crippen LogP) is 1.24. The summed E-state index contributed by atoms with van der Waals surface area (Å²) in [5, 5.41) is 2.95. The molecule has 0 aromatic carbocycles. The second-order valence-electron chi connectivity index (χ2n) is 3.99. The molecule has 0 radical (unpaired) electrons. The number of amides is 1. The first-order valence-electron chi connectivity index (χ1n) is 5.09. The fourth-order valence-electron chi connectivity index (χ4n) is 1.49. The molecule has 0 aliphatic heterocycles. The Labute approximate surface area is 91.0 Å². The van der Waals surface area contributed by atoms with Crippen LogP contribution in [0.15, 0.2) is 0 Å². The van der Waals surface area contributed by atoms with E-state index < -0.39 is 0 Å². The summed E-state index contributed by atoms with van der Waals surface area (Å²) >= 11 is 4.02. The summed E-state index contributed by atoms with van der Waals surface area (Å²) < 4.78 is 5.05. The van der Waals surface area contributed by atoms with E-state index in [9.17, 15) is 4.79 Å². The Morgan fingerprint density at radius 1 is 1.57 bits per heavy atom. The molecular weight excluding hydrogens is 198 g/mol. The van der Waals surface area contributed by atoms with Crippen molar-refractivity contribution in [1.29, 1.82) is 0 Å². The SMILES string of the molecule is COCCC1(CNC(=O)CCS)CC1. The van der Waals surface area contributed by atoms with Crippen LogP contribution in [0.4, 0.5) is 0 Å². The zero-order valence-corrected chi connectivity index (χ0v) is 9.61. The molecule has 0 saturated heterocycles. The van der Waals surface area contributed by atoms with Gasteiger partial charge in [-0.2, -0.15) is 12.6 Å². The van der Waals surface area contributed by atoms with Gasteiger partial charge in [-0.1, -0.05) is 0 Å². The Bertz CT molecular complexity index is 193. The van der Waals surface area contributed by atoms with Crippen molar-refractivity contribution in [2.75, 3.05) is 26.0 Å². The Morgan fingerprint density at radius 2 is 2.29 bits per heavy atom. The van der Waals surface area contributed by atoms with E-state index in [1.807, 2.05) is 0 Å². The first-order valence-corrected chi connectivity index (χ1v) is 5.72. The van der Waals surface area contributed by atoms with Gasteiger partial charge in [0.1, 0.15) is 0 Å². The number of methoxy groups -OCH3 is 1. The largest absolute Gasteiger partial charge is 0.385 e. The van der Waals surface area contributed by atoms with E-state index in [4.69, 9.17) is 4.74 Å². The molecule has 1 N–H and O–H groups in total. The number of rotatable bonds is 7. The highest BCUT2D eigenvalue weighted by molar-refractivity contribution is 7.80. The molecule has 14 heavy (non-hydrogen) atoms. The minimum atomic E-state index is 0.115. The van der Waals surface area contributed by atoms with Crippen LogP contribution in [0.5, 0.6) is 0 Å². The van der Waals surface area contributed by atoms with Gasteiger partial charge in [0.15, 0.2) is 0 Å². The van der Waals surface area contributed by atoms with E-state index >= 15 is 0 Å². The molecule has 0 bridgehead atoms. The maximum atomic E-state index is 11.2. The molecule has 3 nitrogen and oxygen atoms in total. The van der Waals surface area contributed by atoms with Gasteiger partial charge < -0.3 is 10.1 Å². The van der Waals surface area contributed by atoms with Gasteiger partial charge in [-0.25, -0.2) is 0 Å². The number of carbonyl (C=O) groups excluding carboxylic acids is 1. The number of hydrogen-bond donors (Lipinski definition) is 2. The quantitative estimate of drug-likeness (QED) is 0.630. The van der Waals surface area contributed by atoms with E-state index in [0.717, 1.165) is 19.6 Å². The highest BCUT2D eigenvalue weighted by Gasteiger charge is 2.41. The van der Waals surface area contributed by atoms with Crippen LogP contribution in [0.25, 0.3) is 0 Å². The zero-order valence-electron chi connectivity index (χ0n) is 8.71. The monoisotopic (exact) mass is 217 g/mol. The summed E-state index contributed by atoms with van der Waals surface area (Å²) in [6, 6.07) is 0. The lowest BCUT2D eigenvalue weighted by molar-refractivity contribution is -0.120. The van der Waals surface area contributed by atoms with Crippen molar-refractivity contribution in [2.24, 2.45) is 5.41 Å². The maximum absolute atomic E-state index is 11.2. The normalized spacial score (nSPS) is 17.9. The molecule has 0 heterocycles. The lowest BCUT2D eigenvalue weighted by Crippen LogP contribution is -2.30. The molecule has 0 unspecified atom stereocenters. The summed E-state index contributed by atoms with van der Waals surface area (Å²) in [5.41, 5.74) is 0.349. The lowest BCUT2D eigenvalue weighted by atomic mass is 10.0. The van der Waals surface area contributed by atoms with E-state index in [0.29, 0.717) is 17.6 Å². The molecule has 4 heteroatoms. The Hall–Kier alpha value is -0.220. The topological polar surface area (TPSA) is 38.3 Å². The third-order valence-corrected chi connectivity index (χ3v) is 3.02. The highest BCUT2D eigenvalue weighted by Crippen LogP contribution is 2.48. The number of thiol groups is 1. The summed E-state index contributed by atoms with van der Waals surface area (Å²) in [7, 11) is 1.72. The van der Waals surface area contributed by atoms with Crippen LogP contribution < -0.4 is 5.32 Å². The number of ether oxygens (including phenoxy) is 1. The second-order valence-corrected chi connectivity index (χ2v) is 4.44. The van der Waals surface area contributed by atoms with E-state index in [2.05, 4.69) is 17.9 Å². The fraction of sp³-hybridized carbons (Fsp3) is 0.900. The van der Waals surface area contributed by atoms with Gasteiger partial charge in [0.25, 0.3) is 0 Å². The number of carbonyl (C=O) groups is 1. The minimum Gasteiger partial charge on any atom is -0.385 e. The maximum Gasteiger partial charge on any atom is 0.220 e. The first kappa shape index (κ1) is 11.9. The third-order valence-electron chi connectivity index (χ3n) is 2.79. The molecule has 1 aliphatic rings. The summed E-state index contributed by atoms with van der Waals surface area (Å²) in [6.45, 7) is 1.60. The molecule has 1 aliphatic carbocycles. The average molecular weight is 217 g/mol. The molecule has 1 amide bonds.